The molecule has 0 fully saturated rings. The summed E-state index contributed by atoms with van der Waals surface area (Å²) in [6.07, 6.45) is 4.93. The number of nitrogens with one attached hydrogen (secondary N) is 2. The summed E-state index contributed by atoms with van der Waals surface area (Å²) in [5.74, 6) is 0.0977. The number of nitrogens with two attached hydrogens (primary N) is 1. The SMILES string of the molecule is Nc1cncc(-c2cc(F)c3n[nH]c(-c4nc5nccc(-c6ccsc6)c5[nH]4)c3c2)c1. The van der Waals surface area contributed by atoms with E-state index in [2.05, 4.69) is 35.5 Å². The van der Waals surface area contributed by atoms with Gasteiger partial charge in [-0.15, -0.1) is 0 Å². The fourth-order valence-electron chi connectivity index (χ4n) is 3.73. The molecular weight excluding hydrogens is 413 g/mol. The quantitative estimate of drug-likeness (QED) is 0.368. The number of nitrogen functional groups attached to an aromatic ring is 1. The highest BCUT2D eigenvalue weighted by atomic mass is 32.1. The van der Waals surface area contributed by atoms with Gasteiger partial charge < -0.3 is 10.7 Å². The zero-order valence-electron chi connectivity index (χ0n) is 15.9. The van der Waals surface area contributed by atoms with Gasteiger partial charge in [-0.3, -0.25) is 10.1 Å². The Morgan fingerprint density at radius 2 is 1.97 bits per heavy atom. The van der Waals surface area contributed by atoms with Crippen LogP contribution in [0.1, 0.15) is 0 Å². The van der Waals surface area contributed by atoms with Crippen LogP contribution in [0.25, 0.3) is 55.8 Å². The molecule has 150 valence electrons. The Balaban J connectivity index is 1.55. The van der Waals surface area contributed by atoms with E-state index in [0.29, 0.717) is 33.8 Å². The molecule has 0 saturated heterocycles. The molecule has 6 aromatic rings. The van der Waals surface area contributed by atoms with Gasteiger partial charge in [0.1, 0.15) is 11.2 Å². The first kappa shape index (κ1) is 17.7. The lowest BCUT2D eigenvalue weighted by atomic mass is 10.0. The van der Waals surface area contributed by atoms with Crippen LogP contribution in [0, 0.1) is 5.82 Å². The van der Waals surface area contributed by atoms with Gasteiger partial charge in [-0.25, -0.2) is 14.4 Å². The Hall–Kier alpha value is -4.11. The third kappa shape index (κ3) is 2.86. The number of nitrogens with zero attached hydrogens (tertiary/aromatic N) is 4. The molecule has 0 spiro atoms. The third-order valence-electron chi connectivity index (χ3n) is 5.17. The number of aromatic amines is 2. The first-order valence-corrected chi connectivity index (χ1v) is 10.4. The molecule has 9 heteroatoms. The largest absolute Gasteiger partial charge is 0.397 e. The summed E-state index contributed by atoms with van der Waals surface area (Å²) in [5.41, 5.74) is 12.0. The standard InChI is InChI=1S/C22H14FN7S/c23-17-7-12(13-5-14(24)9-25-8-13)6-16-18(17)29-30-20(16)22-27-19-15(11-2-4-31-10-11)1-3-26-21(19)28-22/h1-10H,24H2,(H,29,30)(H,26,27,28). The van der Waals surface area contributed by atoms with Crippen molar-refractivity contribution in [3.8, 4) is 33.8 Å². The average Bonchev–Trinajstić information content (AvgIpc) is 3.52. The molecule has 0 bridgehead atoms. The summed E-state index contributed by atoms with van der Waals surface area (Å²) in [6, 6.07) is 9.03. The lowest BCUT2D eigenvalue weighted by Crippen LogP contribution is -1.89. The van der Waals surface area contributed by atoms with Crippen LogP contribution in [0.5, 0.6) is 0 Å². The second-order valence-electron chi connectivity index (χ2n) is 7.11. The molecule has 5 heterocycles. The van der Waals surface area contributed by atoms with Crippen molar-refractivity contribution < 1.29 is 4.39 Å². The second-order valence-corrected chi connectivity index (χ2v) is 7.89. The topological polar surface area (TPSA) is 109 Å². The van der Waals surface area contributed by atoms with Crippen LogP contribution < -0.4 is 5.73 Å². The molecule has 0 aliphatic rings. The number of rotatable bonds is 3. The molecule has 0 unspecified atom stereocenters. The molecule has 1 aromatic carbocycles. The highest BCUT2D eigenvalue weighted by Crippen LogP contribution is 2.34. The van der Waals surface area contributed by atoms with Gasteiger partial charge in [-0.2, -0.15) is 16.4 Å². The Kier molecular flexibility index (Phi) is 3.84. The van der Waals surface area contributed by atoms with Crippen LogP contribution in [0.3, 0.4) is 0 Å². The predicted octanol–water partition coefficient (Wildman–Crippen LogP) is 5.01. The van der Waals surface area contributed by atoms with Crippen molar-refractivity contribution in [1.82, 2.24) is 30.1 Å². The summed E-state index contributed by atoms with van der Waals surface area (Å²) in [4.78, 5) is 16.5. The average molecular weight is 427 g/mol. The monoisotopic (exact) mass is 427 g/mol. The highest BCUT2D eigenvalue weighted by molar-refractivity contribution is 7.08. The Morgan fingerprint density at radius 3 is 2.81 bits per heavy atom. The number of anilines is 1. The van der Waals surface area contributed by atoms with Crippen molar-refractivity contribution >= 4 is 39.1 Å². The van der Waals surface area contributed by atoms with E-state index in [4.69, 9.17) is 5.73 Å². The predicted molar refractivity (Wildman–Crippen MR) is 120 cm³/mol. The molecule has 0 saturated carbocycles. The van der Waals surface area contributed by atoms with E-state index >= 15 is 0 Å². The maximum Gasteiger partial charge on any atom is 0.178 e. The van der Waals surface area contributed by atoms with Crippen molar-refractivity contribution in [2.45, 2.75) is 0 Å². The van der Waals surface area contributed by atoms with E-state index in [1.807, 2.05) is 23.6 Å². The Bertz CT molecular complexity index is 1570. The van der Waals surface area contributed by atoms with Crippen LogP contribution in [-0.4, -0.2) is 30.1 Å². The fraction of sp³-hybridized carbons (Fsp3) is 0. The van der Waals surface area contributed by atoms with Gasteiger partial charge in [-0.1, -0.05) is 0 Å². The first-order valence-electron chi connectivity index (χ1n) is 9.43. The number of fused-ring (bicyclic) bond motifs is 2. The maximum absolute atomic E-state index is 14.8. The molecule has 5 aromatic heterocycles. The number of H-pyrrole nitrogens is 2. The number of benzene rings is 1. The number of hydrogen-bond donors (Lipinski definition) is 3. The van der Waals surface area contributed by atoms with E-state index < -0.39 is 5.82 Å². The van der Waals surface area contributed by atoms with E-state index in [0.717, 1.165) is 22.2 Å². The highest BCUT2D eigenvalue weighted by Gasteiger charge is 2.18. The summed E-state index contributed by atoms with van der Waals surface area (Å²) in [5, 5.41) is 11.8. The van der Waals surface area contributed by atoms with Gasteiger partial charge in [0.25, 0.3) is 0 Å². The van der Waals surface area contributed by atoms with Crippen LogP contribution in [0.2, 0.25) is 0 Å². The minimum absolute atomic E-state index is 0.238. The van der Waals surface area contributed by atoms with Crippen LogP contribution in [-0.2, 0) is 0 Å². The van der Waals surface area contributed by atoms with E-state index in [1.165, 1.54) is 6.07 Å². The molecule has 0 aliphatic carbocycles. The molecular formula is C22H14FN7S. The summed E-state index contributed by atoms with van der Waals surface area (Å²) in [7, 11) is 0. The Morgan fingerprint density at radius 1 is 1.03 bits per heavy atom. The van der Waals surface area contributed by atoms with E-state index in [-0.39, 0.29) is 5.52 Å². The van der Waals surface area contributed by atoms with Gasteiger partial charge in [0, 0.05) is 35.1 Å². The molecule has 0 aliphatic heterocycles. The zero-order valence-corrected chi connectivity index (χ0v) is 16.7. The lowest BCUT2D eigenvalue weighted by molar-refractivity contribution is 0.636. The summed E-state index contributed by atoms with van der Waals surface area (Å²) >= 11 is 1.62. The number of pyridine rings is 2. The molecule has 4 N–H and O–H groups in total. The summed E-state index contributed by atoms with van der Waals surface area (Å²) < 4.78 is 14.8. The van der Waals surface area contributed by atoms with Crippen molar-refractivity contribution in [3.63, 3.8) is 0 Å². The smallest absolute Gasteiger partial charge is 0.178 e. The number of aromatic nitrogens is 6. The minimum atomic E-state index is -0.439. The summed E-state index contributed by atoms with van der Waals surface area (Å²) in [6.45, 7) is 0. The van der Waals surface area contributed by atoms with Crippen molar-refractivity contribution in [2.75, 3.05) is 5.73 Å². The van der Waals surface area contributed by atoms with Crippen LogP contribution >= 0.6 is 11.3 Å². The van der Waals surface area contributed by atoms with Crippen LogP contribution in [0.15, 0.2) is 59.7 Å². The molecule has 6 rings (SSSR count). The third-order valence-corrected chi connectivity index (χ3v) is 5.85. The van der Waals surface area contributed by atoms with Crippen LogP contribution in [0.4, 0.5) is 10.1 Å². The first-order chi connectivity index (χ1) is 15.2. The van der Waals surface area contributed by atoms with Crippen molar-refractivity contribution in [2.24, 2.45) is 0 Å². The van der Waals surface area contributed by atoms with Gasteiger partial charge in [-0.05, 0) is 52.2 Å². The normalized spacial score (nSPS) is 11.5. The number of halogens is 1. The maximum atomic E-state index is 14.8. The second kappa shape index (κ2) is 6.71. The molecule has 7 nitrogen and oxygen atoms in total. The minimum Gasteiger partial charge on any atom is -0.397 e. The molecule has 0 amide bonds. The van der Waals surface area contributed by atoms with Crippen molar-refractivity contribution in [3.05, 3.63) is 65.5 Å². The fourth-order valence-corrected chi connectivity index (χ4v) is 4.38. The van der Waals surface area contributed by atoms with Gasteiger partial charge in [0.15, 0.2) is 17.3 Å². The molecule has 0 atom stereocenters. The Labute approximate surface area is 178 Å². The van der Waals surface area contributed by atoms with Gasteiger partial charge >= 0.3 is 0 Å². The number of hydrogen-bond acceptors (Lipinski definition) is 6. The zero-order chi connectivity index (χ0) is 20.9. The lowest BCUT2D eigenvalue weighted by Gasteiger charge is -2.04. The van der Waals surface area contributed by atoms with Gasteiger partial charge in [0.2, 0.25) is 0 Å². The van der Waals surface area contributed by atoms with E-state index in [1.54, 1.807) is 36.0 Å². The van der Waals surface area contributed by atoms with Crippen molar-refractivity contribution in [1.29, 1.82) is 0 Å². The van der Waals surface area contributed by atoms with E-state index in [9.17, 15) is 4.39 Å². The molecule has 0 radical (unpaired) electrons. The van der Waals surface area contributed by atoms with Gasteiger partial charge in [0.05, 0.1) is 11.2 Å². The number of imidazole rings is 1. The number of thiophene rings is 1. The molecule has 31 heavy (non-hydrogen) atoms.